The van der Waals surface area contributed by atoms with E-state index in [0.29, 0.717) is 20.2 Å². The van der Waals surface area contributed by atoms with E-state index in [0.717, 1.165) is 11.0 Å². The van der Waals surface area contributed by atoms with Crippen molar-refractivity contribution in [3.8, 4) is 0 Å². The van der Waals surface area contributed by atoms with Crippen molar-refractivity contribution in [1.82, 2.24) is 9.97 Å². The van der Waals surface area contributed by atoms with Crippen LogP contribution in [0.4, 0.5) is 10.1 Å². The van der Waals surface area contributed by atoms with Crippen LogP contribution < -0.4 is 5.73 Å². The predicted octanol–water partition coefficient (Wildman–Crippen LogP) is 4.20. The molecule has 0 saturated carbocycles. The number of nitrogens with two attached hydrogens (primary N) is 1. The van der Waals surface area contributed by atoms with Gasteiger partial charge < -0.3 is 10.7 Å². The number of fused-ring (bicyclic) bond motifs is 1. The van der Waals surface area contributed by atoms with E-state index in [1.54, 1.807) is 6.07 Å². The maximum atomic E-state index is 13.5. The second kappa shape index (κ2) is 4.86. The van der Waals surface area contributed by atoms with E-state index in [1.165, 1.54) is 17.8 Å². The Balaban J connectivity index is 1.98. The summed E-state index contributed by atoms with van der Waals surface area (Å²) in [7, 11) is 0. The lowest BCUT2D eigenvalue weighted by molar-refractivity contribution is 0.618. The number of hydrogen-bond donors (Lipinski definition) is 2. The number of benzene rings is 2. The van der Waals surface area contributed by atoms with Crippen molar-refractivity contribution in [2.75, 3.05) is 5.73 Å². The van der Waals surface area contributed by atoms with Crippen LogP contribution >= 0.6 is 27.7 Å². The van der Waals surface area contributed by atoms with E-state index < -0.39 is 0 Å². The molecule has 0 bridgehead atoms. The molecule has 0 saturated heterocycles. The molecule has 0 aliphatic carbocycles. The summed E-state index contributed by atoms with van der Waals surface area (Å²) in [4.78, 5) is 8.23. The summed E-state index contributed by atoms with van der Waals surface area (Å²) in [5.74, 6) is -0.340. The smallest absolute Gasteiger partial charge is 0.171 e. The largest absolute Gasteiger partial charge is 0.398 e. The number of rotatable bonds is 2. The summed E-state index contributed by atoms with van der Waals surface area (Å²) >= 11 is 4.42. The highest BCUT2D eigenvalue weighted by atomic mass is 79.9. The number of nitrogens with zero attached hydrogens (tertiary/aromatic N) is 1. The fourth-order valence-electron chi connectivity index (χ4n) is 1.71. The third kappa shape index (κ3) is 2.46. The Bertz CT molecular complexity index is 724. The lowest BCUT2D eigenvalue weighted by Crippen LogP contribution is -1.91. The summed E-state index contributed by atoms with van der Waals surface area (Å²) in [5, 5.41) is 0.689. The Hall–Kier alpha value is -1.53. The average molecular weight is 338 g/mol. The second-order valence-corrected chi connectivity index (χ2v) is 5.85. The first-order valence-electron chi connectivity index (χ1n) is 5.50. The number of hydrogen-bond acceptors (Lipinski definition) is 3. The molecule has 0 spiro atoms. The summed E-state index contributed by atoms with van der Waals surface area (Å²) in [5.41, 5.74) is 8.21. The minimum atomic E-state index is -0.340. The SMILES string of the molecule is Nc1cc(Br)c(F)cc1Sc1nc2ccccc2[nH]1. The third-order valence-corrected chi connectivity index (χ3v) is 4.19. The molecule has 0 amide bonds. The number of halogens is 2. The van der Waals surface area contributed by atoms with E-state index in [-0.39, 0.29) is 5.82 Å². The topological polar surface area (TPSA) is 54.7 Å². The minimum Gasteiger partial charge on any atom is -0.398 e. The highest BCUT2D eigenvalue weighted by Crippen LogP contribution is 2.34. The van der Waals surface area contributed by atoms with Gasteiger partial charge in [0.1, 0.15) is 5.82 Å². The Kier molecular flexibility index (Phi) is 3.20. The Morgan fingerprint density at radius 1 is 1.26 bits per heavy atom. The van der Waals surface area contributed by atoms with Crippen molar-refractivity contribution in [1.29, 1.82) is 0 Å². The highest BCUT2D eigenvalue weighted by molar-refractivity contribution is 9.10. The minimum absolute atomic E-state index is 0.340. The monoisotopic (exact) mass is 337 g/mol. The first-order chi connectivity index (χ1) is 9.13. The van der Waals surface area contributed by atoms with Gasteiger partial charge in [0.2, 0.25) is 0 Å². The maximum Gasteiger partial charge on any atom is 0.171 e. The van der Waals surface area contributed by atoms with Gasteiger partial charge >= 0.3 is 0 Å². The molecule has 1 aromatic heterocycles. The van der Waals surface area contributed by atoms with E-state index in [2.05, 4.69) is 25.9 Å². The van der Waals surface area contributed by atoms with Crippen molar-refractivity contribution in [2.45, 2.75) is 10.1 Å². The van der Waals surface area contributed by atoms with Crippen LogP contribution in [0.25, 0.3) is 11.0 Å². The third-order valence-electron chi connectivity index (χ3n) is 2.63. The quantitative estimate of drug-likeness (QED) is 0.689. The molecular weight excluding hydrogens is 329 g/mol. The van der Waals surface area contributed by atoms with Crippen LogP contribution in [0, 0.1) is 5.82 Å². The lowest BCUT2D eigenvalue weighted by atomic mass is 10.3. The normalized spacial score (nSPS) is 11.1. The van der Waals surface area contributed by atoms with Gasteiger partial charge in [-0.15, -0.1) is 0 Å². The Morgan fingerprint density at radius 2 is 2.05 bits per heavy atom. The average Bonchev–Trinajstić information content (AvgIpc) is 2.78. The van der Waals surface area contributed by atoms with Gasteiger partial charge in [0.05, 0.1) is 15.5 Å². The summed E-state index contributed by atoms with van der Waals surface area (Å²) in [6, 6.07) is 10.7. The van der Waals surface area contributed by atoms with Crippen molar-refractivity contribution in [3.63, 3.8) is 0 Å². The van der Waals surface area contributed by atoms with Crippen LogP contribution in [0.1, 0.15) is 0 Å². The molecule has 96 valence electrons. The molecular formula is C13H9BrFN3S. The van der Waals surface area contributed by atoms with Crippen LogP contribution in [0.3, 0.4) is 0 Å². The fourth-order valence-corrected chi connectivity index (χ4v) is 2.93. The van der Waals surface area contributed by atoms with Crippen molar-refractivity contribution >= 4 is 44.4 Å². The van der Waals surface area contributed by atoms with Gasteiger partial charge in [0.25, 0.3) is 0 Å². The van der Waals surface area contributed by atoms with E-state index in [1.807, 2.05) is 24.3 Å². The van der Waals surface area contributed by atoms with Crippen molar-refractivity contribution in [2.24, 2.45) is 0 Å². The second-order valence-electron chi connectivity index (χ2n) is 3.97. The van der Waals surface area contributed by atoms with Gasteiger partial charge in [-0.2, -0.15) is 0 Å². The number of nitrogen functional groups attached to an aromatic ring is 1. The summed E-state index contributed by atoms with van der Waals surface area (Å²) in [6.45, 7) is 0. The lowest BCUT2D eigenvalue weighted by Gasteiger charge is -2.04. The molecule has 0 atom stereocenters. The Morgan fingerprint density at radius 3 is 2.84 bits per heavy atom. The van der Waals surface area contributed by atoms with E-state index in [4.69, 9.17) is 5.73 Å². The van der Waals surface area contributed by atoms with Crippen LogP contribution in [0.2, 0.25) is 0 Å². The van der Waals surface area contributed by atoms with Crippen LogP contribution in [-0.4, -0.2) is 9.97 Å². The number of para-hydroxylation sites is 2. The summed E-state index contributed by atoms with van der Waals surface area (Å²) < 4.78 is 13.9. The zero-order valence-electron chi connectivity index (χ0n) is 9.65. The molecule has 3 aromatic rings. The maximum absolute atomic E-state index is 13.5. The first kappa shape index (κ1) is 12.5. The number of nitrogens with one attached hydrogen (secondary N) is 1. The van der Waals surface area contributed by atoms with Gasteiger partial charge in [0, 0.05) is 10.6 Å². The molecule has 2 aromatic carbocycles. The number of imidazole rings is 1. The van der Waals surface area contributed by atoms with Gasteiger partial charge in [-0.1, -0.05) is 12.1 Å². The molecule has 3 rings (SSSR count). The number of aromatic nitrogens is 2. The Labute approximate surface area is 121 Å². The van der Waals surface area contributed by atoms with E-state index in [9.17, 15) is 4.39 Å². The van der Waals surface area contributed by atoms with Crippen molar-refractivity contribution in [3.05, 3.63) is 46.7 Å². The number of H-pyrrole nitrogens is 1. The number of anilines is 1. The molecule has 0 radical (unpaired) electrons. The van der Waals surface area contributed by atoms with Crippen LogP contribution in [0.15, 0.2) is 50.9 Å². The molecule has 0 aliphatic heterocycles. The van der Waals surface area contributed by atoms with E-state index >= 15 is 0 Å². The molecule has 0 aliphatic rings. The number of aromatic amines is 1. The predicted molar refractivity (Wildman–Crippen MR) is 78.7 cm³/mol. The molecule has 6 heteroatoms. The highest BCUT2D eigenvalue weighted by Gasteiger charge is 2.10. The molecule has 0 unspecified atom stereocenters. The molecule has 3 nitrogen and oxygen atoms in total. The van der Waals surface area contributed by atoms with Gasteiger partial charge in [-0.25, -0.2) is 9.37 Å². The fraction of sp³-hybridized carbons (Fsp3) is 0. The summed E-state index contributed by atoms with van der Waals surface area (Å²) in [6.07, 6.45) is 0. The zero-order chi connectivity index (χ0) is 13.4. The van der Waals surface area contributed by atoms with Crippen molar-refractivity contribution < 1.29 is 4.39 Å². The standard InChI is InChI=1S/C13H9BrFN3S/c14-7-5-9(16)12(6-8(7)15)19-13-17-10-3-1-2-4-11(10)18-13/h1-6H,16H2,(H,17,18). The van der Waals surface area contributed by atoms with Gasteiger partial charge in [0.15, 0.2) is 5.16 Å². The van der Waals surface area contributed by atoms with Gasteiger partial charge in [-0.05, 0) is 52.0 Å². The first-order valence-corrected chi connectivity index (χ1v) is 7.11. The molecule has 3 N–H and O–H groups in total. The van der Waals surface area contributed by atoms with Gasteiger partial charge in [-0.3, -0.25) is 0 Å². The molecule has 0 fully saturated rings. The molecule has 1 heterocycles. The molecule has 19 heavy (non-hydrogen) atoms. The van der Waals surface area contributed by atoms with Crippen LogP contribution in [-0.2, 0) is 0 Å². The van der Waals surface area contributed by atoms with Crippen LogP contribution in [0.5, 0.6) is 0 Å². The zero-order valence-corrected chi connectivity index (χ0v) is 12.1.